The molecule has 2 heteroatoms. The molecule has 2 rings (SSSR count). The summed E-state index contributed by atoms with van der Waals surface area (Å²) >= 11 is 1.80. The molecular formula is C12H19NS. The molecule has 1 aromatic rings. The minimum absolute atomic E-state index is 0.573. The van der Waals surface area contributed by atoms with Gasteiger partial charge in [-0.05, 0) is 53.6 Å². The molecule has 0 bridgehead atoms. The lowest BCUT2D eigenvalue weighted by molar-refractivity contribution is 0.426. The molecule has 2 atom stereocenters. The van der Waals surface area contributed by atoms with Crippen molar-refractivity contribution in [2.45, 2.75) is 32.7 Å². The molecule has 1 N–H and O–H groups in total. The number of thiophene rings is 1. The van der Waals surface area contributed by atoms with E-state index in [1.165, 1.54) is 18.4 Å². The molecule has 0 aromatic carbocycles. The van der Waals surface area contributed by atoms with Crippen molar-refractivity contribution >= 4 is 11.3 Å². The van der Waals surface area contributed by atoms with E-state index in [2.05, 4.69) is 43.0 Å². The first-order valence-electron chi connectivity index (χ1n) is 5.32. The van der Waals surface area contributed by atoms with Crippen LogP contribution in [0.5, 0.6) is 0 Å². The summed E-state index contributed by atoms with van der Waals surface area (Å²) in [6, 6.07) is 2.91. The summed E-state index contributed by atoms with van der Waals surface area (Å²) in [5.41, 5.74) is 2.06. The minimum atomic E-state index is 0.573. The smallest absolute Gasteiger partial charge is 0.0138 e. The van der Waals surface area contributed by atoms with Crippen molar-refractivity contribution in [2.75, 3.05) is 7.05 Å². The first-order valence-corrected chi connectivity index (χ1v) is 6.26. The standard InChI is InChI=1S/C12H19NS/c1-12(2)7-10(12)11(13-3)6-9-4-5-14-8-9/h4-5,8,10-11,13H,6-7H2,1-3H3. The molecule has 0 spiro atoms. The summed E-state index contributed by atoms with van der Waals surface area (Å²) in [4.78, 5) is 0. The van der Waals surface area contributed by atoms with Gasteiger partial charge >= 0.3 is 0 Å². The van der Waals surface area contributed by atoms with Crippen molar-refractivity contribution in [3.8, 4) is 0 Å². The van der Waals surface area contributed by atoms with Crippen LogP contribution in [0.25, 0.3) is 0 Å². The highest BCUT2D eigenvalue weighted by Crippen LogP contribution is 2.53. The van der Waals surface area contributed by atoms with Crippen LogP contribution in [-0.2, 0) is 6.42 Å². The Balaban J connectivity index is 1.95. The van der Waals surface area contributed by atoms with Gasteiger partial charge in [-0.2, -0.15) is 11.3 Å². The number of likely N-dealkylation sites (N-methyl/N-ethyl adjacent to an activating group) is 1. The molecule has 1 fully saturated rings. The molecule has 14 heavy (non-hydrogen) atoms. The summed E-state index contributed by atoms with van der Waals surface area (Å²) < 4.78 is 0. The molecule has 0 aliphatic heterocycles. The fraction of sp³-hybridized carbons (Fsp3) is 0.667. The molecule has 1 heterocycles. The highest BCUT2D eigenvalue weighted by molar-refractivity contribution is 7.07. The lowest BCUT2D eigenvalue weighted by Crippen LogP contribution is -2.31. The number of rotatable bonds is 4. The SMILES string of the molecule is CNC(Cc1ccsc1)C1CC1(C)C. The summed E-state index contributed by atoms with van der Waals surface area (Å²) in [7, 11) is 2.09. The maximum absolute atomic E-state index is 3.46. The second kappa shape index (κ2) is 3.67. The maximum Gasteiger partial charge on any atom is 0.0138 e. The summed E-state index contributed by atoms with van der Waals surface area (Å²) in [5, 5.41) is 7.89. The van der Waals surface area contributed by atoms with E-state index in [1.54, 1.807) is 11.3 Å². The second-order valence-electron chi connectivity index (χ2n) is 5.03. The topological polar surface area (TPSA) is 12.0 Å². The Morgan fingerprint density at radius 1 is 1.64 bits per heavy atom. The van der Waals surface area contributed by atoms with E-state index in [4.69, 9.17) is 0 Å². The first kappa shape index (κ1) is 10.2. The van der Waals surface area contributed by atoms with Gasteiger partial charge in [0.05, 0.1) is 0 Å². The summed E-state index contributed by atoms with van der Waals surface area (Å²) in [6.45, 7) is 4.74. The van der Waals surface area contributed by atoms with E-state index < -0.39 is 0 Å². The third kappa shape index (κ3) is 2.01. The fourth-order valence-corrected chi connectivity index (χ4v) is 2.98. The van der Waals surface area contributed by atoms with Crippen LogP contribution in [0.15, 0.2) is 16.8 Å². The van der Waals surface area contributed by atoms with E-state index >= 15 is 0 Å². The van der Waals surface area contributed by atoms with Crippen molar-refractivity contribution in [3.63, 3.8) is 0 Å². The third-order valence-corrected chi connectivity index (χ3v) is 4.21. The van der Waals surface area contributed by atoms with Crippen molar-refractivity contribution in [3.05, 3.63) is 22.4 Å². The Hall–Kier alpha value is -0.340. The Bertz CT molecular complexity index is 289. The van der Waals surface area contributed by atoms with Crippen LogP contribution >= 0.6 is 11.3 Å². The van der Waals surface area contributed by atoms with Crippen molar-refractivity contribution in [1.29, 1.82) is 0 Å². The quantitative estimate of drug-likeness (QED) is 0.804. The average Bonchev–Trinajstić information content (AvgIpc) is 2.62. The van der Waals surface area contributed by atoms with E-state index in [0.717, 1.165) is 5.92 Å². The molecular weight excluding hydrogens is 190 g/mol. The van der Waals surface area contributed by atoms with Gasteiger partial charge in [0.1, 0.15) is 0 Å². The van der Waals surface area contributed by atoms with Crippen LogP contribution in [0.2, 0.25) is 0 Å². The molecule has 1 aliphatic carbocycles. The van der Waals surface area contributed by atoms with Crippen LogP contribution in [0, 0.1) is 11.3 Å². The third-order valence-electron chi connectivity index (χ3n) is 3.48. The van der Waals surface area contributed by atoms with Gasteiger partial charge in [0, 0.05) is 6.04 Å². The highest BCUT2D eigenvalue weighted by Gasteiger charge is 2.49. The predicted molar refractivity (Wildman–Crippen MR) is 62.8 cm³/mol. The Morgan fingerprint density at radius 3 is 2.79 bits per heavy atom. The van der Waals surface area contributed by atoms with Crippen LogP contribution < -0.4 is 5.32 Å². The Labute approximate surface area is 90.5 Å². The maximum atomic E-state index is 3.46. The highest BCUT2D eigenvalue weighted by atomic mass is 32.1. The number of hydrogen-bond acceptors (Lipinski definition) is 2. The molecule has 1 nitrogen and oxygen atoms in total. The van der Waals surface area contributed by atoms with Gasteiger partial charge in [-0.3, -0.25) is 0 Å². The van der Waals surface area contributed by atoms with Gasteiger partial charge in [-0.15, -0.1) is 0 Å². The Morgan fingerprint density at radius 2 is 2.36 bits per heavy atom. The van der Waals surface area contributed by atoms with Gasteiger partial charge < -0.3 is 5.32 Å². The van der Waals surface area contributed by atoms with Crippen LogP contribution in [0.3, 0.4) is 0 Å². The van der Waals surface area contributed by atoms with E-state index in [0.29, 0.717) is 11.5 Å². The summed E-state index contributed by atoms with van der Waals surface area (Å²) in [5.74, 6) is 0.868. The van der Waals surface area contributed by atoms with Gasteiger partial charge in [0.2, 0.25) is 0 Å². The zero-order valence-electron chi connectivity index (χ0n) is 9.21. The molecule has 0 amide bonds. The fourth-order valence-electron chi connectivity index (χ4n) is 2.30. The lowest BCUT2D eigenvalue weighted by Gasteiger charge is -2.17. The molecule has 1 aromatic heterocycles. The van der Waals surface area contributed by atoms with Crippen molar-refractivity contribution < 1.29 is 0 Å². The predicted octanol–water partition coefficient (Wildman–Crippen LogP) is 2.92. The van der Waals surface area contributed by atoms with Gasteiger partial charge in [-0.1, -0.05) is 13.8 Å². The lowest BCUT2D eigenvalue weighted by atomic mass is 9.99. The zero-order valence-corrected chi connectivity index (χ0v) is 10.0. The van der Waals surface area contributed by atoms with Crippen LogP contribution in [0.4, 0.5) is 0 Å². The van der Waals surface area contributed by atoms with Gasteiger partial charge in [-0.25, -0.2) is 0 Å². The van der Waals surface area contributed by atoms with Crippen LogP contribution in [-0.4, -0.2) is 13.1 Å². The van der Waals surface area contributed by atoms with Crippen molar-refractivity contribution in [1.82, 2.24) is 5.32 Å². The van der Waals surface area contributed by atoms with Gasteiger partial charge in [0.15, 0.2) is 0 Å². The first-order chi connectivity index (χ1) is 6.63. The van der Waals surface area contributed by atoms with E-state index in [9.17, 15) is 0 Å². The number of hydrogen-bond donors (Lipinski definition) is 1. The second-order valence-corrected chi connectivity index (χ2v) is 5.81. The molecule has 78 valence electrons. The molecule has 0 radical (unpaired) electrons. The van der Waals surface area contributed by atoms with E-state index in [-0.39, 0.29) is 0 Å². The summed E-state index contributed by atoms with van der Waals surface area (Å²) in [6.07, 6.45) is 2.57. The Kier molecular flexibility index (Phi) is 2.67. The van der Waals surface area contributed by atoms with E-state index in [1.807, 2.05) is 0 Å². The average molecular weight is 209 g/mol. The molecule has 0 saturated heterocycles. The minimum Gasteiger partial charge on any atom is -0.316 e. The molecule has 2 unspecified atom stereocenters. The monoisotopic (exact) mass is 209 g/mol. The number of nitrogens with one attached hydrogen (secondary N) is 1. The molecule has 1 aliphatic rings. The molecule has 1 saturated carbocycles. The van der Waals surface area contributed by atoms with Crippen molar-refractivity contribution in [2.24, 2.45) is 11.3 Å². The van der Waals surface area contributed by atoms with Gasteiger partial charge in [0.25, 0.3) is 0 Å². The zero-order chi connectivity index (χ0) is 10.2. The van der Waals surface area contributed by atoms with Crippen LogP contribution in [0.1, 0.15) is 25.8 Å². The normalized spacial score (nSPS) is 26.1. The largest absolute Gasteiger partial charge is 0.316 e.